The lowest BCUT2D eigenvalue weighted by Gasteiger charge is -2.16. The molecule has 7 nitrogen and oxygen atoms in total. The van der Waals surface area contributed by atoms with Crippen LogP contribution in [-0.4, -0.2) is 51.3 Å². The second-order valence-corrected chi connectivity index (χ2v) is 8.86. The van der Waals surface area contributed by atoms with E-state index in [4.69, 9.17) is 0 Å². The van der Waals surface area contributed by atoms with E-state index in [2.05, 4.69) is 10.1 Å². The lowest BCUT2D eigenvalue weighted by Crippen LogP contribution is -2.30. The number of amides is 1. The Balaban J connectivity index is 1.64. The number of halogens is 1. The third-order valence-electron chi connectivity index (χ3n) is 4.95. The van der Waals surface area contributed by atoms with E-state index in [1.54, 1.807) is 24.3 Å². The molecule has 3 rings (SSSR count). The van der Waals surface area contributed by atoms with Gasteiger partial charge in [-0.3, -0.25) is 4.79 Å². The van der Waals surface area contributed by atoms with Crippen molar-refractivity contribution in [2.75, 3.05) is 26.7 Å². The summed E-state index contributed by atoms with van der Waals surface area (Å²) in [6, 6.07) is 10.1. The van der Waals surface area contributed by atoms with Crippen LogP contribution in [0.1, 0.15) is 39.1 Å². The van der Waals surface area contributed by atoms with Crippen LogP contribution < -0.4 is 5.32 Å². The molecule has 9 heteroatoms. The van der Waals surface area contributed by atoms with Crippen molar-refractivity contribution in [3.63, 3.8) is 0 Å². The van der Waals surface area contributed by atoms with Crippen molar-refractivity contribution in [1.29, 1.82) is 0 Å². The summed E-state index contributed by atoms with van der Waals surface area (Å²) in [6.45, 7) is 1.00. The van der Waals surface area contributed by atoms with Gasteiger partial charge in [0.2, 0.25) is 10.0 Å². The number of benzene rings is 2. The number of rotatable bonds is 7. The predicted molar refractivity (Wildman–Crippen MR) is 108 cm³/mol. The average Bonchev–Trinajstić information content (AvgIpc) is 3.29. The molecule has 160 valence electrons. The van der Waals surface area contributed by atoms with Gasteiger partial charge in [0.25, 0.3) is 5.91 Å². The highest BCUT2D eigenvalue weighted by Gasteiger charge is 2.30. The van der Waals surface area contributed by atoms with E-state index in [1.165, 1.54) is 17.5 Å². The molecule has 2 aromatic carbocycles. The van der Waals surface area contributed by atoms with Gasteiger partial charge in [-0.15, -0.1) is 0 Å². The van der Waals surface area contributed by atoms with Crippen LogP contribution in [0, 0.1) is 5.82 Å². The minimum absolute atomic E-state index is 0.0789. The Labute approximate surface area is 174 Å². The largest absolute Gasteiger partial charge is 0.465 e. The highest BCUT2D eigenvalue weighted by molar-refractivity contribution is 7.89. The number of carbonyl (C=O) groups is 2. The molecule has 0 atom stereocenters. The number of carbonyl (C=O) groups excluding carboxylic acids is 2. The molecular formula is C21H23FN2O5S. The topological polar surface area (TPSA) is 92.8 Å². The van der Waals surface area contributed by atoms with Crippen molar-refractivity contribution in [3.05, 3.63) is 65.0 Å². The number of esters is 1. The third kappa shape index (κ3) is 4.85. The van der Waals surface area contributed by atoms with Crippen molar-refractivity contribution in [1.82, 2.24) is 9.62 Å². The van der Waals surface area contributed by atoms with Crippen LogP contribution >= 0.6 is 0 Å². The molecule has 0 spiro atoms. The number of methoxy groups -OCH3 is 1. The fourth-order valence-corrected chi connectivity index (χ4v) is 4.87. The molecular weight excluding hydrogens is 411 g/mol. The Morgan fingerprint density at radius 2 is 1.70 bits per heavy atom. The highest BCUT2D eigenvalue weighted by atomic mass is 32.2. The lowest BCUT2D eigenvalue weighted by atomic mass is 10.1. The van der Waals surface area contributed by atoms with Crippen molar-refractivity contribution in [2.45, 2.75) is 24.2 Å². The van der Waals surface area contributed by atoms with Gasteiger partial charge in [0.05, 0.1) is 12.7 Å². The number of ether oxygens (including phenoxy) is 1. The minimum atomic E-state index is -3.96. The van der Waals surface area contributed by atoms with E-state index in [-0.39, 0.29) is 5.56 Å². The quantitative estimate of drug-likeness (QED) is 0.676. The zero-order valence-electron chi connectivity index (χ0n) is 16.6. The van der Waals surface area contributed by atoms with Crippen molar-refractivity contribution in [2.24, 2.45) is 0 Å². The van der Waals surface area contributed by atoms with Crippen molar-refractivity contribution < 1.29 is 27.1 Å². The van der Waals surface area contributed by atoms with Gasteiger partial charge in [-0.2, -0.15) is 4.31 Å². The number of hydrogen-bond acceptors (Lipinski definition) is 5. The zero-order chi connectivity index (χ0) is 21.7. The molecule has 0 bridgehead atoms. The Hall–Kier alpha value is -2.78. The van der Waals surface area contributed by atoms with E-state index in [0.29, 0.717) is 31.6 Å². The van der Waals surface area contributed by atoms with Crippen LogP contribution in [0.2, 0.25) is 0 Å². The standard InChI is InChI=1S/C21H23FN2O5S/c1-29-21(26)16-6-4-15(5-7-16)10-11-23-20(25)17-8-9-18(22)19(14-17)30(27,28)24-12-2-3-13-24/h4-9,14H,2-3,10-13H2,1H3,(H,23,25). The number of hydrogen-bond donors (Lipinski definition) is 1. The normalized spacial score (nSPS) is 14.5. The molecule has 0 aromatic heterocycles. The fraction of sp³-hybridized carbons (Fsp3) is 0.333. The summed E-state index contributed by atoms with van der Waals surface area (Å²) in [6.07, 6.45) is 1.98. The van der Waals surface area contributed by atoms with Crippen LogP contribution in [0.25, 0.3) is 0 Å². The SMILES string of the molecule is COC(=O)c1ccc(CCNC(=O)c2ccc(F)c(S(=O)(=O)N3CCCC3)c2)cc1. The number of nitrogens with zero attached hydrogens (tertiary/aromatic N) is 1. The van der Waals surface area contributed by atoms with Gasteiger partial charge in [-0.05, 0) is 55.2 Å². The number of sulfonamides is 1. The summed E-state index contributed by atoms with van der Waals surface area (Å²) in [5.41, 5.74) is 1.41. The first-order valence-corrected chi connectivity index (χ1v) is 11.0. The molecule has 0 radical (unpaired) electrons. The van der Waals surface area contributed by atoms with Gasteiger partial charge in [-0.25, -0.2) is 17.6 Å². The lowest BCUT2D eigenvalue weighted by molar-refractivity contribution is 0.0600. The summed E-state index contributed by atoms with van der Waals surface area (Å²) < 4.78 is 45.4. The molecule has 0 aliphatic carbocycles. The summed E-state index contributed by atoms with van der Waals surface area (Å²) in [7, 11) is -2.65. The van der Waals surface area contributed by atoms with E-state index in [9.17, 15) is 22.4 Å². The van der Waals surface area contributed by atoms with Gasteiger partial charge >= 0.3 is 5.97 Å². The average molecular weight is 434 g/mol. The summed E-state index contributed by atoms with van der Waals surface area (Å²) in [5.74, 6) is -1.78. The zero-order valence-corrected chi connectivity index (χ0v) is 17.4. The summed E-state index contributed by atoms with van der Waals surface area (Å²) in [4.78, 5) is 23.4. The monoisotopic (exact) mass is 434 g/mol. The minimum Gasteiger partial charge on any atom is -0.465 e. The Morgan fingerprint density at radius 1 is 1.07 bits per heavy atom. The van der Waals surface area contributed by atoms with Gasteiger partial charge in [0.15, 0.2) is 0 Å². The third-order valence-corrected chi connectivity index (χ3v) is 6.86. The molecule has 1 N–H and O–H groups in total. The maximum Gasteiger partial charge on any atom is 0.337 e. The maximum atomic E-state index is 14.2. The molecule has 0 unspecified atom stereocenters. The van der Waals surface area contributed by atoms with E-state index in [0.717, 1.165) is 30.5 Å². The Bertz CT molecular complexity index is 1030. The first kappa shape index (κ1) is 21.9. The molecule has 1 amide bonds. The molecule has 30 heavy (non-hydrogen) atoms. The van der Waals surface area contributed by atoms with Gasteiger partial charge < -0.3 is 10.1 Å². The van der Waals surface area contributed by atoms with Gasteiger partial charge in [0.1, 0.15) is 10.7 Å². The summed E-state index contributed by atoms with van der Waals surface area (Å²) in [5, 5.41) is 2.70. The molecule has 1 heterocycles. The molecule has 1 aliphatic heterocycles. The molecule has 0 saturated carbocycles. The molecule has 1 saturated heterocycles. The van der Waals surface area contributed by atoms with Gasteiger partial charge in [0, 0.05) is 25.2 Å². The Kier molecular flexibility index (Phi) is 6.84. The van der Waals surface area contributed by atoms with Crippen LogP contribution in [-0.2, 0) is 21.2 Å². The van der Waals surface area contributed by atoms with Crippen molar-refractivity contribution >= 4 is 21.9 Å². The first-order chi connectivity index (χ1) is 14.3. The van der Waals surface area contributed by atoms with E-state index in [1.807, 2.05) is 0 Å². The van der Waals surface area contributed by atoms with Crippen LogP contribution in [0.4, 0.5) is 4.39 Å². The maximum absolute atomic E-state index is 14.2. The van der Waals surface area contributed by atoms with Crippen LogP contribution in [0.5, 0.6) is 0 Å². The molecule has 1 fully saturated rings. The van der Waals surface area contributed by atoms with Crippen molar-refractivity contribution in [3.8, 4) is 0 Å². The first-order valence-electron chi connectivity index (χ1n) is 9.58. The predicted octanol–water partition coefficient (Wildman–Crippen LogP) is 2.37. The van der Waals surface area contributed by atoms with Crippen LogP contribution in [0.15, 0.2) is 47.4 Å². The van der Waals surface area contributed by atoms with E-state index >= 15 is 0 Å². The second kappa shape index (κ2) is 9.36. The fourth-order valence-electron chi connectivity index (χ4n) is 3.26. The molecule has 2 aromatic rings. The highest BCUT2D eigenvalue weighted by Crippen LogP contribution is 2.24. The summed E-state index contributed by atoms with van der Waals surface area (Å²) >= 11 is 0. The Morgan fingerprint density at radius 3 is 2.33 bits per heavy atom. The van der Waals surface area contributed by atoms with Crippen LogP contribution in [0.3, 0.4) is 0 Å². The number of nitrogens with one attached hydrogen (secondary N) is 1. The van der Waals surface area contributed by atoms with Gasteiger partial charge in [-0.1, -0.05) is 12.1 Å². The smallest absolute Gasteiger partial charge is 0.337 e. The second-order valence-electron chi connectivity index (χ2n) is 6.95. The van der Waals surface area contributed by atoms with E-state index < -0.39 is 32.6 Å². The molecule has 1 aliphatic rings.